The first-order chi connectivity index (χ1) is 10.3. The van der Waals surface area contributed by atoms with E-state index in [9.17, 15) is 9.90 Å². The van der Waals surface area contributed by atoms with Gasteiger partial charge in [0.15, 0.2) is 0 Å². The normalized spacial score (nSPS) is 11.0. The second kappa shape index (κ2) is 6.52. The first-order valence-electron chi connectivity index (χ1n) is 7.11. The summed E-state index contributed by atoms with van der Waals surface area (Å²) in [5.74, 6) is 0.119. The van der Waals surface area contributed by atoms with Crippen LogP contribution >= 0.6 is 0 Å². The SMILES string of the molecule is CC(C)(C)OC(=O)Nc1[c]cc(Cc2ccccc2)c(O)c1. The Balaban J connectivity index is 2.05. The molecule has 22 heavy (non-hydrogen) atoms. The van der Waals surface area contributed by atoms with Crippen LogP contribution in [0.4, 0.5) is 10.5 Å². The van der Waals surface area contributed by atoms with Gasteiger partial charge in [-0.15, -0.1) is 0 Å². The Kier molecular flexibility index (Phi) is 4.71. The lowest BCUT2D eigenvalue weighted by Crippen LogP contribution is -2.27. The van der Waals surface area contributed by atoms with Gasteiger partial charge in [-0.25, -0.2) is 4.79 Å². The molecule has 0 atom stereocenters. The van der Waals surface area contributed by atoms with Crippen LogP contribution in [-0.4, -0.2) is 16.8 Å². The second-order valence-corrected chi connectivity index (χ2v) is 6.05. The molecule has 4 nitrogen and oxygen atoms in total. The minimum Gasteiger partial charge on any atom is -0.508 e. The molecule has 4 heteroatoms. The van der Waals surface area contributed by atoms with Gasteiger partial charge >= 0.3 is 6.09 Å². The molecule has 0 bridgehead atoms. The van der Waals surface area contributed by atoms with Gasteiger partial charge in [0.2, 0.25) is 0 Å². The number of phenolic OH excluding ortho intramolecular Hbond substituents is 1. The summed E-state index contributed by atoms with van der Waals surface area (Å²) in [5, 5.41) is 12.6. The topological polar surface area (TPSA) is 58.6 Å². The number of benzene rings is 2. The average Bonchev–Trinajstić information content (AvgIpc) is 2.41. The standard InChI is InChI=1S/C18H20NO3/c1-18(2,3)22-17(21)19-15-10-9-14(16(20)12-15)11-13-7-5-4-6-8-13/h4-9,12,20H,11H2,1-3H3,(H,19,21). The maximum absolute atomic E-state index is 11.7. The molecule has 2 rings (SSSR count). The number of rotatable bonds is 3. The third kappa shape index (κ3) is 4.81. The molecular weight excluding hydrogens is 278 g/mol. The van der Waals surface area contributed by atoms with E-state index in [0.717, 1.165) is 11.1 Å². The average molecular weight is 298 g/mol. The van der Waals surface area contributed by atoms with Gasteiger partial charge in [-0.3, -0.25) is 5.32 Å². The highest BCUT2D eigenvalue weighted by atomic mass is 16.6. The summed E-state index contributed by atoms with van der Waals surface area (Å²) in [7, 11) is 0. The first-order valence-corrected chi connectivity index (χ1v) is 7.11. The lowest BCUT2D eigenvalue weighted by atomic mass is 10.0. The molecule has 0 fully saturated rings. The summed E-state index contributed by atoms with van der Waals surface area (Å²) in [5.41, 5.74) is 1.66. The highest BCUT2D eigenvalue weighted by molar-refractivity contribution is 5.85. The van der Waals surface area contributed by atoms with E-state index in [-0.39, 0.29) is 5.75 Å². The zero-order valence-electron chi connectivity index (χ0n) is 13.0. The summed E-state index contributed by atoms with van der Waals surface area (Å²) >= 11 is 0. The number of anilines is 1. The number of phenols is 1. The number of hydrogen-bond donors (Lipinski definition) is 2. The van der Waals surface area contributed by atoms with E-state index < -0.39 is 11.7 Å². The van der Waals surface area contributed by atoms with Crippen LogP contribution in [0, 0.1) is 6.07 Å². The van der Waals surface area contributed by atoms with Gasteiger partial charge in [-0.2, -0.15) is 0 Å². The lowest BCUT2D eigenvalue weighted by Gasteiger charge is -2.19. The fourth-order valence-corrected chi connectivity index (χ4v) is 1.95. The van der Waals surface area contributed by atoms with Crippen LogP contribution in [0.3, 0.4) is 0 Å². The summed E-state index contributed by atoms with van der Waals surface area (Å²) in [6, 6.07) is 15.9. The van der Waals surface area contributed by atoms with E-state index in [1.54, 1.807) is 26.8 Å². The Morgan fingerprint density at radius 2 is 1.95 bits per heavy atom. The molecule has 115 valence electrons. The minimum atomic E-state index is -0.570. The Labute approximate surface area is 130 Å². The molecule has 0 aliphatic rings. The first kappa shape index (κ1) is 15.9. The molecule has 0 spiro atoms. The van der Waals surface area contributed by atoms with Crippen LogP contribution in [0.15, 0.2) is 42.5 Å². The smallest absolute Gasteiger partial charge is 0.412 e. The molecule has 0 saturated carbocycles. The number of amides is 1. The van der Waals surface area contributed by atoms with Crippen molar-refractivity contribution in [1.29, 1.82) is 0 Å². The van der Waals surface area contributed by atoms with Crippen molar-refractivity contribution in [2.75, 3.05) is 5.32 Å². The predicted molar refractivity (Wildman–Crippen MR) is 86.0 cm³/mol. The summed E-state index contributed by atoms with van der Waals surface area (Å²) in [6.07, 6.45) is 0.0366. The van der Waals surface area contributed by atoms with Crippen molar-refractivity contribution in [3.8, 4) is 5.75 Å². The fraction of sp³-hybridized carbons (Fsp3) is 0.278. The van der Waals surface area contributed by atoms with Crippen molar-refractivity contribution in [2.24, 2.45) is 0 Å². The lowest BCUT2D eigenvalue weighted by molar-refractivity contribution is 0.0636. The molecule has 2 aromatic rings. The summed E-state index contributed by atoms with van der Waals surface area (Å²) in [4.78, 5) is 11.7. The van der Waals surface area contributed by atoms with E-state index in [1.807, 2.05) is 30.3 Å². The van der Waals surface area contributed by atoms with Crippen LogP contribution in [-0.2, 0) is 11.2 Å². The fourth-order valence-electron chi connectivity index (χ4n) is 1.95. The Morgan fingerprint density at radius 3 is 2.55 bits per heavy atom. The maximum Gasteiger partial charge on any atom is 0.412 e. The van der Waals surface area contributed by atoms with Gasteiger partial charge in [-0.1, -0.05) is 30.3 Å². The number of nitrogens with one attached hydrogen (secondary N) is 1. The number of carbonyl (C=O) groups excluding carboxylic acids is 1. The van der Waals surface area contributed by atoms with E-state index in [2.05, 4.69) is 11.4 Å². The zero-order valence-corrected chi connectivity index (χ0v) is 13.0. The number of carbonyl (C=O) groups is 1. The van der Waals surface area contributed by atoms with E-state index >= 15 is 0 Å². The van der Waals surface area contributed by atoms with Crippen LogP contribution < -0.4 is 5.32 Å². The van der Waals surface area contributed by atoms with Crippen molar-refractivity contribution < 1.29 is 14.6 Å². The van der Waals surface area contributed by atoms with Gasteiger partial charge in [-0.05, 0) is 38.0 Å². The molecule has 0 aliphatic carbocycles. The van der Waals surface area contributed by atoms with E-state index in [0.29, 0.717) is 12.1 Å². The van der Waals surface area contributed by atoms with Gasteiger partial charge in [0, 0.05) is 18.6 Å². The minimum absolute atomic E-state index is 0.119. The predicted octanol–water partition coefficient (Wildman–Crippen LogP) is 4.13. The van der Waals surface area contributed by atoms with Crippen LogP contribution in [0.2, 0.25) is 0 Å². The van der Waals surface area contributed by atoms with Gasteiger partial charge in [0.05, 0.1) is 5.69 Å². The van der Waals surface area contributed by atoms with Crippen molar-refractivity contribution in [2.45, 2.75) is 32.8 Å². The van der Waals surface area contributed by atoms with Gasteiger partial charge < -0.3 is 9.84 Å². The molecule has 0 aromatic heterocycles. The molecule has 0 aliphatic heterocycles. The molecule has 2 N–H and O–H groups in total. The zero-order chi connectivity index (χ0) is 16.2. The second-order valence-electron chi connectivity index (χ2n) is 6.05. The highest BCUT2D eigenvalue weighted by Crippen LogP contribution is 2.24. The molecule has 0 heterocycles. The molecule has 1 radical (unpaired) electrons. The van der Waals surface area contributed by atoms with Gasteiger partial charge in [0.1, 0.15) is 11.4 Å². The van der Waals surface area contributed by atoms with E-state index in [1.165, 1.54) is 6.07 Å². The van der Waals surface area contributed by atoms with E-state index in [4.69, 9.17) is 4.74 Å². The third-order valence-electron chi connectivity index (χ3n) is 2.88. The van der Waals surface area contributed by atoms with Crippen LogP contribution in [0.1, 0.15) is 31.9 Å². The van der Waals surface area contributed by atoms with Crippen LogP contribution in [0.25, 0.3) is 0 Å². The third-order valence-corrected chi connectivity index (χ3v) is 2.88. The highest BCUT2D eigenvalue weighted by Gasteiger charge is 2.16. The van der Waals surface area contributed by atoms with Crippen LogP contribution in [0.5, 0.6) is 5.75 Å². The molecule has 0 unspecified atom stereocenters. The molecular formula is C18H20NO3. The summed E-state index contributed by atoms with van der Waals surface area (Å²) < 4.78 is 5.16. The summed E-state index contributed by atoms with van der Waals surface area (Å²) in [6.45, 7) is 5.37. The monoisotopic (exact) mass is 298 g/mol. The van der Waals surface area contributed by atoms with Crippen molar-refractivity contribution in [3.63, 3.8) is 0 Å². The number of aromatic hydroxyl groups is 1. The Bertz CT molecular complexity index is 645. The molecule has 1 amide bonds. The number of hydrogen-bond acceptors (Lipinski definition) is 3. The molecule has 0 saturated heterocycles. The maximum atomic E-state index is 11.7. The Morgan fingerprint density at radius 1 is 1.27 bits per heavy atom. The van der Waals surface area contributed by atoms with Gasteiger partial charge in [0.25, 0.3) is 0 Å². The van der Waals surface area contributed by atoms with Crippen molar-refractivity contribution >= 4 is 11.8 Å². The quantitative estimate of drug-likeness (QED) is 0.895. The molecule has 2 aromatic carbocycles. The number of ether oxygens (including phenoxy) is 1. The Hall–Kier alpha value is -2.49. The largest absolute Gasteiger partial charge is 0.508 e. The van der Waals surface area contributed by atoms with Crippen molar-refractivity contribution in [3.05, 3.63) is 59.7 Å². The van der Waals surface area contributed by atoms with Crippen molar-refractivity contribution in [1.82, 2.24) is 0 Å².